The first-order chi connectivity index (χ1) is 11.1. The molecule has 5 heteroatoms. The number of fused-ring (bicyclic) bond motifs is 1. The van der Waals surface area contributed by atoms with E-state index in [2.05, 4.69) is 6.92 Å². The van der Waals surface area contributed by atoms with Crippen LogP contribution in [0.3, 0.4) is 0 Å². The van der Waals surface area contributed by atoms with Gasteiger partial charge in [-0.05, 0) is 18.6 Å². The van der Waals surface area contributed by atoms with Crippen LogP contribution in [-0.2, 0) is 7.05 Å². The molecule has 0 aliphatic carbocycles. The van der Waals surface area contributed by atoms with Gasteiger partial charge in [0.1, 0.15) is 5.75 Å². The van der Waals surface area contributed by atoms with Gasteiger partial charge in [-0.2, -0.15) is 0 Å². The van der Waals surface area contributed by atoms with Gasteiger partial charge >= 0.3 is 0 Å². The van der Waals surface area contributed by atoms with Crippen molar-refractivity contribution >= 4 is 10.9 Å². The lowest BCUT2D eigenvalue weighted by Gasteiger charge is -2.14. The van der Waals surface area contributed by atoms with E-state index in [4.69, 9.17) is 14.2 Å². The molecule has 2 rings (SSSR count). The molecular formula is C18H25NO4. The molecule has 0 unspecified atom stereocenters. The minimum absolute atomic E-state index is 0.218. The molecule has 0 aliphatic heterocycles. The summed E-state index contributed by atoms with van der Waals surface area (Å²) < 4.78 is 17.9. The second kappa shape index (κ2) is 7.90. The fraction of sp³-hybridized carbons (Fsp3) is 0.500. The van der Waals surface area contributed by atoms with E-state index in [1.54, 1.807) is 11.6 Å². The van der Waals surface area contributed by atoms with Crippen molar-refractivity contribution in [1.29, 1.82) is 0 Å². The van der Waals surface area contributed by atoms with Crippen LogP contribution in [0.4, 0.5) is 0 Å². The molecule has 0 saturated carbocycles. The molecule has 0 aliphatic rings. The summed E-state index contributed by atoms with van der Waals surface area (Å²) in [5.41, 5.74) is 0.538. The zero-order valence-corrected chi connectivity index (χ0v) is 14.3. The minimum Gasteiger partial charge on any atom is -0.494 e. The largest absolute Gasteiger partial charge is 0.494 e. The summed E-state index contributed by atoms with van der Waals surface area (Å²) in [6, 6.07) is 5.67. The van der Waals surface area contributed by atoms with Gasteiger partial charge in [-0.25, -0.2) is 0 Å². The molecule has 23 heavy (non-hydrogen) atoms. The van der Waals surface area contributed by atoms with Gasteiger partial charge in [0, 0.05) is 18.5 Å². The number of unbranched alkanes of at least 4 members (excludes halogenated alkanes) is 3. The van der Waals surface area contributed by atoms with Gasteiger partial charge in [-0.3, -0.25) is 4.79 Å². The van der Waals surface area contributed by atoms with Crippen LogP contribution >= 0.6 is 0 Å². The number of methoxy groups -OCH3 is 2. The Hall–Kier alpha value is -2.17. The number of nitrogens with zero attached hydrogens (tertiary/aromatic N) is 1. The maximum atomic E-state index is 12.4. The van der Waals surface area contributed by atoms with Crippen LogP contribution in [0.25, 0.3) is 10.9 Å². The smallest absolute Gasteiger partial charge is 0.297 e. The predicted octanol–water partition coefficient (Wildman–Crippen LogP) is 3.51. The summed E-state index contributed by atoms with van der Waals surface area (Å²) in [4.78, 5) is 12.4. The molecule has 126 valence electrons. The maximum Gasteiger partial charge on any atom is 0.297 e. The van der Waals surface area contributed by atoms with Gasteiger partial charge in [0.2, 0.25) is 5.75 Å². The lowest BCUT2D eigenvalue weighted by atomic mass is 10.1. The molecule has 0 N–H and O–H groups in total. The SMILES string of the molecule is CCCCCCOc1ccc2c(OC)c(OC)c(=O)n(C)c2c1. The third kappa shape index (κ3) is 3.60. The van der Waals surface area contributed by atoms with Crippen LogP contribution in [0.2, 0.25) is 0 Å². The summed E-state index contributed by atoms with van der Waals surface area (Å²) in [6.07, 6.45) is 4.65. The molecule has 1 aromatic heterocycles. The quantitative estimate of drug-likeness (QED) is 0.699. The van der Waals surface area contributed by atoms with Crippen molar-refractivity contribution < 1.29 is 14.2 Å². The standard InChI is InChI=1S/C18H25NO4/c1-5-6-7-8-11-23-13-9-10-14-15(12-13)19(2)18(20)17(22-4)16(14)21-3/h9-10,12H,5-8,11H2,1-4H3. The predicted molar refractivity (Wildman–Crippen MR) is 91.9 cm³/mol. The van der Waals surface area contributed by atoms with Crippen LogP contribution < -0.4 is 19.8 Å². The molecule has 5 nitrogen and oxygen atoms in total. The number of ether oxygens (including phenoxy) is 3. The molecular weight excluding hydrogens is 294 g/mol. The first-order valence-electron chi connectivity index (χ1n) is 8.01. The molecule has 0 saturated heterocycles. The summed E-state index contributed by atoms with van der Waals surface area (Å²) in [5.74, 6) is 1.44. The van der Waals surface area contributed by atoms with Crippen molar-refractivity contribution in [2.45, 2.75) is 32.6 Å². The third-order valence-corrected chi connectivity index (χ3v) is 3.96. The van der Waals surface area contributed by atoms with E-state index in [-0.39, 0.29) is 11.3 Å². The van der Waals surface area contributed by atoms with Crippen LogP contribution in [0.5, 0.6) is 17.2 Å². The van der Waals surface area contributed by atoms with Gasteiger partial charge < -0.3 is 18.8 Å². The van der Waals surface area contributed by atoms with Gasteiger partial charge in [0.05, 0.1) is 26.3 Å². The Morgan fingerprint density at radius 2 is 1.78 bits per heavy atom. The fourth-order valence-corrected chi connectivity index (χ4v) is 2.65. The van der Waals surface area contributed by atoms with Gasteiger partial charge in [-0.15, -0.1) is 0 Å². The maximum absolute atomic E-state index is 12.4. The average molecular weight is 319 g/mol. The number of hydrogen-bond acceptors (Lipinski definition) is 4. The van der Waals surface area contributed by atoms with E-state index >= 15 is 0 Å². The van der Waals surface area contributed by atoms with Crippen LogP contribution in [-0.4, -0.2) is 25.4 Å². The van der Waals surface area contributed by atoms with Gasteiger partial charge in [0.15, 0.2) is 5.75 Å². The van der Waals surface area contributed by atoms with Crippen molar-refractivity contribution in [2.24, 2.45) is 7.05 Å². The third-order valence-electron chi connectivity index (χ3n) is 3.96. The van der Waals surface area contributed by atoms with E-state index < -0.39 is 0 Å². The van der Waals surface area contributed by atoms with Crippen molar-refractivity contribution in [1.82, 2.24) is 4.57 Å². The Kier molecular flexibility index (Phi) is 5.90. The molecule has 0 amide bonds. The molecule has 0 bridgehead atoms. The van der Waals surface area contributed by atoms with Crippen LogP contribution in [0.15, 0.2) is 23.0 Å². The van der Waals surface area contributed by atoms with E-state index in [9.17, 15) is 4.79 Å². The molecule has 0 spiro atoms. The average Bonchev–Trinajstić information content (AvgIpc) is 2.57. The highest BCUT2D eigenvalue weighted by molar-refractivity contribution is 5.88. The molecule has 1 heterocycles. The van der Waals surface area contributed by atoms with E-state index in [1.165, 1.54) is 33.5 Å². The zero-order chi connectivity index (χ0) is 16.8. The number of hydrogen-bond donors (Lipinski definition) is 0. The fourth-order valence-electron chi connectivity index (χ4n) is 2.65. The molecule has 0 fully saturated rings. The first-order valence-corrected chi connectivity index (χ1v) is 8.01. The number of rotatable bonds is 8. The van der Waals surface area contributed by atoms with E-state index in [0.29, 0.717) is 12.4 Å². The molecule has 0 radical (unpaired) electrons. The number of aromatic nitrogens is 1. The minimum atomic E-state index is -0.225. The highest BCUT2D eigenvalue weighted by Gasteiger charge is 2.17. The van der Waals surface area contributed by atoms with Crippen molar-refractivity contribution in [3.05, 3.63) is 28.6 Å². The number of pyridine rings is 1. The van der Waals surface area contributed by atoms with E-state index in [0.717, 1.165) is 23.1 Å². The monoisotopic (exact) mass is 319 g/mol. The van der Waals surface area contributed by atoms with Crippen LogP contribution in [0.1, 0.15) is 32.6 Å². The Labute approximate surface area is 136 Å². The second-order valence-electron chi connectivity index (χ2n) is 5.52. The normalized spacial score (nSPS) is 10.8. The van der Waals surface area contributed by atoms with Gasteiger partial charge in [0.25, 0.3) is 5.56 Å². The summed E-state index contributed by atoms with van der Waals surface area (Å²) in [6.45, 7) is 2.87. The Morgan fingerprint density at radius 1 is 1.04 bits per heavy atom. The summed E-state index contributed by atoms with van der Waals surface area (Å²) in [7, 11) is 4.73. The lowest BCUT2D eigenvalue weighted by Crippen LogP contribution is -2.19. The van der Waals surface area contributed by atoms with Gasteiger partial charge in [-0.1, -0.05) is 26.2 Å². The lowest BCUT2D eigenvalue weighted by molar-refractivity contribution is 0.305. The Bertz CT molecular complexity index is 721. The van der Waals surface area contributed by atoms with Crippen molar-refractivity contribution in [2.75, 3.05) is 20.8 Å². The zero-order valence-electron chi connectivity index (χ0n) is 14.3. The molecule has 1 aromatic carbocycles. The summed E-state index contributed by atoms with van der Waals surface area (Å²) >= 11 is 0. The first kappa shape index (κ1) is 17.2. The highest BCUT2D eigenvalue weighted by atomic mass is 16.5. The molecule has 2 aromatic rings. The Morgan fingerprint density at radius 3 is 2.43 bits per heavy atom. The highest BCUT2D eigenvalue weighted by Crippen LogP contribution is 2.33. The topological polar surface area (TPSA) is 49.7 Å². The Balaban J connectivity index is 2.32. The number of benzene rings is 1. The second-order valence-corrected chi connectivity index (χ2v) is 5.52. The van der Waals surface area contributed by atoms with Crippen molar-refractivity contribution in [3.63, 3.8) is 0 Å². The molecule has 0 atom stereocenters. The number of aryl methyl sites for hydroxylation is 1. The van der Waals surface area contributed by atoms with Crippen LogP contribution in [0, 0.1) is 0 Å². The van der Waals surface area contributed by atoms with E-state index in [1.807, 2.05) is 18.2 Å². The van der Waals surface area contributed by atoms with Crippen molar-refractivity contribution in [3.8, 4) is 17.2 Å². The summed E-state index contributed by atoms with van der Waals surface area (Å²) in [5, 5.41) is 0.824.